The SMILES string of the molecule is CNc1nc(-c2c(C)cc(C)cc2F)c(Cl)cc1Cl. The predicted molar refractivity (Wildman–Crippen MR) is 78.7 cm³/mol. The van der Waals surface area contributed by atoms with Crippen LogP contribution in [-0.4, -0.2) is 12.0 Å². The Morgan fingerprint density at radius 2 is 1.79 bits per heavy atom. The number of nitrogens with one attached hydrogen (secondary N) is 1. The molecule has 19 heavy (non-hydrogen) atoms. The van der Waals surface area contributed by atoms with Gasteiger partial charge in [0.05, 0.1) is 15.7 Å². The number of hydrogen-bond donors (Lipinski definition) is 1. The molecular weight excluding hydrogens is 286 g/mol. The Kier molecular flexibility index (Phi) is 3.97. The van der Waals surface area contributed by atoms with Crippen LogP contribution in [0.25, 0.3) is 11.3 Å². The fourth-order valence-electron chi connectivity index (χ4n) is 2.03. The first-order chi connectivity index (χ1) is 8.93. The van der Waals surface area contributed by atoms with E-state index in [2.05, 4.69) is 10.3 Å². The topological polar surface area (TPSA) is 24.9 Å². The zero-order chi connectivity index (χ0) is 14.2. The van der Waals surface area contributed by atoms with E-state index in [0.29, 0.717) is 27.1 Å². The lowest BCUT2D eigenvalue weighted by atomic mass is 10.0. The highest BCUT2D eigenvalue weighted by atomic mass is 35.5. The Bertz CT molecular complexity index is 619. The molecule has 100 valence electrons. The summed E-state index contributed by atoms with van der Waals surface area (Å²) in [6.45, 7) is 3.67. The van der Waals surface area contributed by atoms with Crippen LogP contribution in [0.2, 0.25) is 10.0 Å². The Morgan fingerprint density at radius 1 is 1.11 bits per heavy atom. The molecule has 0 aliphatic heterocycles. The highest BCUT2D eigenvalue weighted by Crippen LogP contribution is 2.35. The van der Waals surface area contributed by atoms with E-state index >= 15 is 0 Å². The molecule has 1 heterocycles. The van der Waals surface area contributed by atoms with Crippen LogP contribution in [0.15, 0.2) is 18.2 Å². The third-order valence-corrected chi connectivity index (χ3v) is 3.41. The van der Waals surface area contributed by atoms with E-state index in [4.69, 9.17) is 23.2 Å². The van der Waals surface area contributed by atoms with E-state index in [9.17, 15) is 4.39 Å². The Morgan fingerprint density at radius 3 is 2.37 bits per heavy atom. The van der Waals surface area contributed by atoms with Crippen molar-refractivity contribution in [1.82, 2.24) is 4.98 Å². The first-order valence-electron chi connectivity index (χ1n) is 5.75. The summed E-state index contributed by atoms with van der Waals surface area (Å²) in [7, 11) is 1.70. The van der Waals surface area contributed by atoms with Gasteiger partial charge >= 0.3 is 0 Å². The second-order valence-corrected chi connectivity index (χ2v) is 5.15. The van der Waals surface area contributed by atoms with E-state index in [0.717, 1.165) is 11.1 Å². The Balaban J connectivity index is 2.72. The van der Waals surface area contributed by atoms with Crippen molar-refractivity contribution >= 4 is 29.0 Å². The summed E-state index contributed by atoms with van der Waals surface area (Å²) in [6, 6.07) is 4.92. The minimum Gasteiger partial charge on any atom is -0.372 e. The molecule has 2 aromatic rings. The first-order valence-corrected chi connectivity index (χ1v) is 6.50. The van der Waals surface area contributed by atoms with Gasteiger partial charge in [-0.05, 0) is 37.1 Å². The predicted octanol–water partition coefficient (Wildman–Crippen LogP) is 4.85. The number of pyridine rings is 1. The molecule has 1 N–H and O–H groups in total. The van der Waals surface area contributed by atoms with Gasteiger partial charge in [-0.1, -0.05) is 29.3 Å². The second kappa shape index (κ2) is 5.35. The number of aryl methyl sites for hydroxylation is 2. The third-order valence-electron chi connectivity index (χ3n) is 2.83. The minimum absolute atomic E-state index is 0.329. The van der Waals surface area contributed by atoms with Gasteiger partial charge in [0.1, 0.15) is 11.6 Å². The average molecular weight is 299 g/mol. The molecule has 0 saturated carbocycles. The smallest absolute Gasteiger partial charge is 0.145 e. The molecule has 0 aliphatic rings. The van der Waals surface area contributed by atoms with Crippen molar-refractivity contribution in [3.63, 3.8) is 0 Å². The highest BCUT2D eigenvalue weighted by molar-refractivity contribution is 6.37. The number of nitrogens with zero attached hydrogens (tertiary/aromatic N) is 1. The van der Waals surface area contributed by atoms with Crippen LogP contribution in [0.3, 0.4) is 0 Å². The third kappa shape index (κ3) is 2.67. The lowest BCUT2D eigenvalue weighted by Gasteiger charge is -2.12. The molecular formula is C14H13Cl2FN2. The van der Waals surface area contributed by atoms with Crippen LogP contribution in [0.1, 0.15) is 11.1 Å². The fraction of sp³-hybridized carbons (Fsp3) is 0.214. The van der Waals surface area contributed by atoms with Crippen molar-refractivity contribution in [3.05, 3.63) is 45.2 Å². The van der Waals surface area contributed by atoms with Gasteiger partial charge in [0.2, 0.25) is 0 Å². The van der Waals surface area contributed by atoms with Gasteiger partial charge in [0, 0.05) is 12.6 Å². The van der Waals surface area contributed by atoms with E-state index < -0.39 is 0 Å². The van der Waals surface area contributed by atoms with Crippen molar-refractivity contribution in [2.24, 2.45) is 0 Å². The number of benzene rings is 1. The average Bonchev–Trinajstić information content (AvgIpc) is 2.30. The Labute approximate surface area is 121 Å². The number of hydrogen-bond acceptors (Lipinski definition) is 2. The zero-order valence-corrected chi connectivity index (χ0v) is 12.3. The molecule has 0 unspecified atom stereocenters. The molecule has 2 rings (SSSR count). The van der Waals surface area contributed by atoms with Gasteiger partial charge in [-0.2, -0.15) is 0 Å². The number of halogens is 3. The molecule has 0 aliphatic carbocycles. The molecule has 0 saturated heterocycles. The fourth-order valence-corrected chi connectivity index (χ4v) is 2.58. The monoisotopic (exact) mass is 298 g/mol. The summed E-state index contributed by atoms with van der Waals surface area (Å²) < 4.78 is 14.2. The number of rotatable bonds is 2. The van der Waals surface area contributed by atoms with Crippen LogP contribution in [0, 0.1) is 19.7 Å². The van der Waals surface area contributed by atoms with Crippen LogP contribution in [0.4, 0.5) is 10.2 Å². The summed E-state index contributed by atoms with van der Waals surface area (Å²) in [5, 5.41) is 3.59. The largest absolute Gasteiger partial charge is 0.372 e. The van der Waals surface area contributed by atoms with Gasteiger partial charge < -0.3 is 5.32 Å². The molecule has 0 spiro atoms. The maximum absolute atomic E-state index is 14.2. The van der Waals surface area contributed by atoms with Crippen molar-refractivity contribution in [2.45, 2.75) is 13.8 Å². The summed E-state index contributed by atoms with van der Waals surface area (Å²) in [5.74, 6) is 0.136. The first kappa shape index (κ1) is 14.1. The van der Waals surface area contributed by atoms with Crippen molar-refractivity contribution in [1.29, 1.82) is 0 Å². The van der Waals surface area contributed by atoms with Crippen LogP contribution in [0.5, 0.6) is 0 Å². The molecule has 5 heteroatoms. The van der Waals surface area contributed by atoms with Crippen molar-refractivity contribution < 1.29 is 4.39 Å². The maximum atomic E-state index is 14.2. The van der Waals surface area contributed by atoms with Gasteiger partial charge in [0.25, 0.3) is 0 Å². The Hall–Kier alpha value is -1.32. The van der Waals surface area contributed by atoms with Crippen molar-refractivity contribution in [3.8, 4) is 11.3 Å². The molecule has 0 amide bonds. The molecule has 0 radical (unpaired) electrons. The molecule has 2 nitrogen and oxygen atoms in total. The summed E-state index contributed by atoms with van der Waals surface area (Å²) in [6.07, 6.45) is 0. The standard InChI is InChI=1S/C14H13Cl2FN2/c1-7-4-8(2)12(11(17)5-7)13-9(15)6-10(16)14(18-3)19-13/h4-6H,1-3H3,(H,18,19). The van der Waals surface area contributed by atoms with E-state index in [-0.39, 0.29) is 5.82 Å². The summed E-state index contributed by atoms with van der Waals surface area (Å²) >= 11 is 12.1. The minimum atomic E-state index is -0.337. The molecule has 1 aromatic carbocycles. The van der Waals surface area contributed by atoms with Crippen LogP contribution in [-0.2, 0) is 0 Å². The van der Waals surface area contributed by atoms with E-state index in [1.165, 1.54) is 6.07 Å². The van der Waals surface area contributed by atoms with Gasteiger partial charge in [-0.25, -0.2) is 9.37 Å². The number of anilines is 1. The highest BCUT2D eigenvalue weighted by Gasteiger charge is 2.16. The molecule has 0 atom stereocenters. The lowest BCUT2D eigenvalue weighted by Crippen LogP contribution is -1.99. The van der Waals surface area contributed by atoms with E-state index in [1.807, 2.05) is 19.9 Å². The normalized spacial score (nSPS) is 10.6. The molecule has 0 bridgehead atoms. The van der Waals surface area contributed by atoms with Crippen LogP contribution < -0.4 is 5.32 Å². The van der Waals surface area contributed by atoms with Gasteiger partial charge in [-0.15, -0.1) is 0 Å². The van der Waals surface area contributed by atoms with Gasteiger partial charge in [-0.3, -0.25) is 0 Å². The summed E-state index contributed by atoms with van der Waals surface area (Å²) in [4.78, 5) is 4.30. The molecule has 1 aromatic heterocycles. The summed E-state index contributed by atoms with van der Waals surface area (Å²) in [5.41, 5.74) is 2.45. The lowest BCUT2D eigenvalue weighted by molar-refractivity contribution is 0.628. The maximum Gasteiger partial charge on any atom is 0.145 e. The van der Waals surface area contributed by atoms with Crippen LogP contribution >= 0.6 is 23.2 Å². The molecule has 0 fully saturated rings. The quantitative estimate of drug-likeness (QED) is 0.857. The van der Waals surface area contributed by atoms with E-state index in [1.54, 1.807) is 13.1 Å². The van der Waals surface area contributed by atoms with Crippen molar-refractivity contribution in [2.75, 3.05) is 12.4 Å². The number of aromatic nitrogens is 1. The zero-order valence-electron chi connectivity index (χ0n) is 10.8. The second-order valence-electron chi connectivity index (χ2n) is 4.34. The van der Waals surface area contributed by atoms with Gasteiger partial charge in [0.15, 0.2) is 0 Å².